The Labute approximate surface area is 255 Å². The Morgan fingerprint density at radius 3 is 1.58 bits per heavy atom. The fraction of sp³-hybridized carbons (Fsp3) is 0.500. The molecule has 43 heavy (non-hydrogen) atoms. The van der Waals surface area contributed by atoms with Crippen LogP contribution >= 0.6 is 31.2 Å². The molecule has 11 N–H and O–H groups in total. The van der Waals surface area contributed by atoms with Crippen molar-refractivity contribution in [1.82, 2.24) is 39.0 Å². The molecular weight excluding hydrogens is 651 g/mol. The first-order chi connectivity index (χ1) is 20.3. The molecule has 0 aliphatic carbocycles. The molecule has 4 aromatic heterocycles. The zero-order valence-electron chi connectivity index (χ0n) is 21.6. The molecule has 4 aromatic rings. The van der Waals surface area contributed by atoms with Crippen molar-refractivity contribution in [3.63, 3.8) is 0 Å². The minimum absolute atomic E-state index is 0.0180. The van der Waals surface area contributed by atoms with Gasteiger partial charge in [0.1, 0.15) is 56.9 Å². The number of nitrogens with zero attached hydrogens (tertiary/aromatic N) is 6. The van der Waals surface area contributed by atoms with Crippen LogP contribution in [0.5, 0.6) is 0 Å². The number of hydrogen-bond donors (Lipinski definition) is 9. The van der Waals surface area contributed by atoms with E-state index in [2.05, 4.69) is 29.9 Å². The number of aromatic nitrogens is 8. The molecule has 0 aromatic carbocycles. The summed E-state index contributed by atoms with van der Waals surface area (Å²) in [7, 11) is 0. The molecule has 0 bridgehead atoms. The van der Waals surface area contributed by atoms with Gasteiger partial charge in [-0.3, -0.25) is 9.13 Å². The number of nitrogens with two attached hydrogens (primary N) is 2. The van der Waals surface area contributed by atoms with E-state index in [0.717, 1.165) is 0 Å². The van der Waals surface area contributed by atoms with Gasteiger partial charge in [0.25, 0.3) is 0 Å². The van der Waals surface area contributed by atoms with E-state index < -0.39 is 69.0 Å². The second-order valence-corrected chi connectivity index (χ2v) is 13.4. The van der Waals surface area contributed by atoms with Crippen LogP contribution in [0.4, 0.5) is 11.9 Å². The normalized spacial score (nSPS) is 29.7. The van der Waals surface area contributed by atoms with Crippen LogP contribution in [0.2, 0.25) is 0 Å². The summed E-state index contributed by atoms with van der Waals surface area (Å²) in [5, 5.41) is 42.5. The topological polar surface area (TPSA) is 283 Å². The third-order valence-corrected chi connectivity index (χ3v) is 9.10. The van der Waals surface area contributed by atoms with Crippen molar-refractivity contribution in [3.05, 3.63) is 21.9 Å². The molecule has 8 atom stereocenters. The van der Waals surface area contributed by atoms with Crippen LogP contribution in [-0.2, 0) is 30.3 Å². The van der Waals surface area contributed by atoms with Crippen LogP contribution in [0.1, 0.15) is 12.5 Å². The van der Waals surface area contributed by atoms with Crippen molar-refractivity contribution in [2.75, 3.05) is 24.7 Å². The van der Waals surface area contributed by atoms with Crippen LogP contribution in [0.25, 0.3) is 22.3 Å². The smallest absolute Gasteiger partial charge is 0.324 e. The molecule has 2 aliphatic rings. The number of fused-ring (bicyclic) bond motifs is 2. The molecule has 2 fully saturated rings. The molecule has 23 heteroatoms. The lowest BCUT2D eigenvalue weighted by Crippen LogP contribution is -2.34. The summed E-state index contributed by atoms with van der Waals surface area (Å²) < 4.78 is 25.4. The Bertz CT molecular complexity index is 1720. The third kappa shape index (κ3) is 5.59. The van der Waals surface area contributed by atoms with E-state index in [1.807, 2.05) is 0 Å². The van der Waals surface area contributed by atoms with E-state index in [1.54, 1.807) is 0 Å². The molecule has 2 aliphatic heterocycles. The summed E-state index contributed by atoms with van der Waals surface area (Å²) in [5.41, 5.74) is 12.5. The summed E-state index contributed by atoms with van der Waals surface area (Å²) in [6.07, 6.45) is -7.72. The van der Waals surface area contributed by atoms with Crippen molar-refractivity contribution >= 4 is 77.2 Å². The Morgan fingerprint density at radius 2 is 1.19 bits per heavy atom. The Balaban J connectivity index is 1.09. The Kier molecular flexibility index (Phi) is 8.08. The first-order valence-electron chi connectivity index (χ1n) is 12.4. The molecule has 0 unspecified atom stereocenters. The lowest BCUT2D eigenvalue weighted by Gasteiger charge is -2.22. The number of H-pyrrole nitrogens is 2. The maximum absolute atomic E-state index is 10.7. The molecule has 0 saturated carbocycles. The fourth-order valence-electron chi connectivity index (χ4n) is 4.82. The van der Waals surface area contributed by atoms with E-state index in [4.69, 9.17) is 66.2 Å². The highest BCUT2D eigenvalue weighted by Gasteiger charge is 2.47. The third-order valence-electron chi connectivity index (χ3n) is 6.93. The predicted octanol–water partition coefficient (Wildman–Crippen LogP) is -1.36. The minimum atomic E-state index is -4.00. The molecule has 6 rings (SSSR count). The lowest BCUT2D eigenvalue weighted by molar-refractivity contribution is -0.0571. The number of aliphatic hydroxyl groups is 4. The lowest BCUT2D eigenvalue weighted by atomic mass is 10.1. The number of nitrogen functional groups attached to an aromatic ring is 2. The van der Waals surface area contributed by atoms with Crippen molar-refractivity contribution in [2.45, 2.75) is 49.1 Å². The summed E-state index contributed by atoms with van der Waals surface area (Å²) in [4.78, 5) is 32.5. The number of hydrogen-bond acceptors (Lipinski definition) is 17. The van der Waals surface area contributed by atoms with Gasteiger partial charge in [-0.25, -0.2) is 9.97 Å². The maximum atomic E-state index is 10.7. The quantitative estimate of drug-likeness (QED) is 0.0770. The Hall–Kier alpha value is -2.57. The minimum Gasteiger partial charge on any atom is -0.387 e. The van der Waals surface area contributed by atoms with Crippen LogP contribution < -0.4 is 11.5 Å². The van der Waals surface area contributed by atoms with Crippen LogP contribution in [0, 0.1) is 9.28 Å². The first kappa shape index (κ1) is 30.5. The van der Waals surface area contributed by atoms with Gasteiger partial charge in [0, 0.05) is 0 Å². The standard InChI is InChI=1S/C20H25N10O9PS3/c21-19-25-13-7(15(41)27-19)23-3-29(13)17-11(33)9(31)5(38-17)1-36-40(35,43)37-2-6-10(32)12(34)18(39-6)30-4-24-8-14(30)26-20(22)28-16(8)42/h3-6,9-12,17-18,31-34H,1-2H2,(H,35,43)(H3,21,25,27,41)(H3,22,26,28,42)/t5-,6-,9+,10+,11+,12+,17-,18-/m1/s1. The summed E-state index contributed by atoms with van der Waals surface area (Å²) in [5.74, 6) is 0.0361. The average Bonchev–Trinajstić information content (AvgIpc) is 3.69. The van der Waals surface area contributed by atoms with Crippen molar-refractivity contribution < 1.29 is 43.8 Å². The molecule has 0 radical (unpaired) electrons. The SMILES string of the molecule is Nc1nc2c(ncn2[C@@H]2O[C@H](COP(O)(=S)OC[C@H]3O[C@@H](n4cnc5c(=S)[nH]c(N)nc54)[C@@H](O)[C@H]3O)[C@H](O)[C@@H]2O)c(=S)[nH]1. The number of nitrogens with one attached hydrogen (secondary N) is 2. The predicted molar refractivity (Wildman–Crippen MR) is 155 cm³/mol. The van der Waals surface area contributed by atoms with Crippen LogP contribution in [-0.4, -0.2) is 114 Å². The van der Waals surface area contributed by atoms with Gasteiger partial charge in [-0.05, 0) is 11.8 Å². The number of ether oxygens (including phenoxy) is 2. The number of aromatic amines is 2. The highest BCUT2D eigenvalue weighted by molar-refractivity contribution is 8.07. The van der Waals surface area contributed by atoms with Crippen molar-refractivity contribution in [3.8, 4) is 0 Å². The zero-order valence-corrected chi connectivity index (χ0v) is 24.9. The molecule has 19 nitrogen and oxygen atoms in total. The van der Waals surface area contributed by atoms with Crippen LogP contribution in [0.3, 0.4) is 0 Å². The monoisotopic (exact) mass is 676 g/mol. The zero-order chi connectivity index (χ0) is 30.8. The van der Waals surface area contributed by atoms with Gasteiger partial charge in [0.15, 0.2) is 23.8 Å². The van der Waals surface area contributed by atoms with Crippen molar-refractivity contribution in [1.29, 1.82) is 0 Å². The van der Waals surface area contributed by atoms with E-state index in [0.29, 0.717) is 11.0 Å². The fourth-order valence-corrected chi connectivity index (χ4v) is 6.43. The van der Waals surface area contributed by atoms with Gasteiger partial charge in [0.2, 0.25) is 11.9 Å². The molecule has 2 saturated heterocycles. The van der Waals surface area contributed by atoms with E-state index in [-0.39, 0.29) is 32.5 Å². The highest BCUT2D eigenvalue weighted by atomic mass is 32.5. The van der Waals surface area contributed by atoms with Gasteiger partial charge in [-0.2, -0.15) is 9.97 Å². The van der Waals surface area contributed by atoms with E-state index in [1.165, 1.54) is 21.8 Å². The molecular formula is C20H25N10O9PS3. The second kappa shape index (κ2) is 11.4. The van der Waals surface area contributed by atoms with E-state index >= 15 is 0 Å². The largest absolute Gasteiger partial charge is 0.387 e. The summed E-state index contributed by atoms with van der Waals surface area (Å²) in [6, 6.07) is 0. The number of imidazole rings is 2. The molecule has 0 amide bonds. The summed E-state index contributed by atoms with van der Waals surface area (Å²) in [6.45, 7) is -4.95. The second-order valence-electron chi connectivity index (χ2n) is 9.70. The first-order valence-corrected chi connectivity index (χ1v) is 15.8. The van der Waals surface area contributed by atoms with Gasteiger partial charge in [0.05, 0.1) is 25.9 Å². The van der Waals surface area contributed by atoms with Crippen molar-refractivity contribution in [2.24, 2.45) is 0 Å². The number of anilines is 2. The van der Waals surface area contributed by atoms with Gasteiger partial charge >= 0.3 is 6.72 Å². The molecule has 6 heterocycles. The van der Waals surface area contributed by atoms with Gasteiger partial charge in [-0.15, -0.1) is 0 Å². The average molecular weight is 677 g/mol. The number of rotatable bonds is 8. The molecule has 0 spiro atoms. The summed E-state index contributed by atoms with van der Waals surface area (Å²) >= 11 is 15.5. The van der Waals surface area contributed by atoms with Gasteiger partial charge in [-0.1, -0.05) is 24.4 Å². The van der Waals surface area contributed by atoms with Gasteiger partial charge < -0.3 is 65.3 Å². The maximum Gasteiger partial charge on any atom is 0.324 e. The molecule has 232 valence electrons. The van der Waals surface area contributed by atoms with E-state index in [9.17, 15) is 25.3 Å². The Morgan fingerprint density at radius 1 is 0.791 bits per heavy atom. The van der Waals surface area contributed by atoms with Crippen LogP contribution in [0.15, 0.2) is 12.7 Å². The number of aliphatic hydroxyl groups excluding tert-OH is 4. The highest BCUT2D eigenvalue weighted by Crippen LogP contribution is 2.46.